The van der Waals surface area contributed by atoms with E-state index in [4.69, 9.17) is 10.5 Å². The number of hydrogen-bond donors (Lipinski definition) is 1. The molecule has 0 aliphatic heterocycles. The smallest absolute Gasteiger partial charge is 0.320 e. The lowest BCUT2D eigenvalue weighted by Crippen LogP contribution is -2.31. The first-order valence-corrected chi connectivity index (χ1v) is 3.87. The van der Waals surface area contributed by atoms with Crippen molar-refractivity contribution in [3.63, 3.8) is 0 Å². The molecule has 0 rings (SSSR count). The van der Waals surface area contributed by atoms with Crippen LogP contribution in [-0.4, -0.2) is 24.4 Å². The highest BCUT2D eigenvalue weighted by molar-refractivity contribution is 5.71. The second kappa shape index (κ2) is 4.87. The van der Waals surface area contributed by atoms with E-state index < -0.39 is 11.6 Å². The Morgan fingerprint density at radius 2 is 2.17 bits per heavy atom. The van der Waals surface area contributed by atoms with Gasteiger partial charge in [0.25, 0.3) is 0 Å². The Morgan fingerprint density at radius 3 is 2.58 bits per heavy atom. The fourth-order valence-corrected chi connectivity index (χ4v) is 0.807. The normalized spacial score (nSPS) is 10.9. The standard InChI is InChI=1S/C8H15NO3/c1-8(2,4-3-5-10)12-7(11)6-9/h5H,3-4,6,9H2,1-2H3. The molecule has 0 fully saturated rings. The summed E-state index contributed by atoms with van der Waals surface area (Å²) in [6.07, 6.45) is 1.73. The van der Waals surface area contributed by atoms with E-state index in [-0.39, 0.29) is 6.54 Å². The molecule has 70 valence electrons. The minimum atomic E-state index is -0.586. The predicted octanol–water partition coefficient (Wildman–Crippen LogP) is 0.246. The van der Waals surface area contributed by atoms with Crippen molar-refractivity contribution in [2.24, 2.45) is 5.73 Å². The quantitative estimate of drug-likeness (QED) is 0.478. The van der Waals surface area contributed by atoms with Crippen LogP contribution in [-0.2, 0) is 14.3 Å². The summed E-state index contributed by atoms with van der Waals surface area (Å²) >= 11 is 0. The van der Waals surface area contributed by atoms with Crippen molar-refractivity contribution in [3.8, 4) is 0 Å². The van der Waals surface area contributed by atoms with Gasteiger partial charge >= 0.3 is 5.97 Å². The number of aldehydes is 1. The summed E-state index contributed by atoms with van der Waals surface area (Å²) in [6, 6.07) is 0. The Morgan fingerprint density at radius 1 is 1.58 bits per heavy atom. The molecule has 4 nitrogen and oxygen atoms in total. The molecule has 0 aromatic rings. The third-order valence-corrected chi connectivity index (χ3v) is 1.42. The molecule has 2 N–H and O–H groups in total. The van der Waals surface area contributed by atoms with Crippen LogP contribution >= 0.6 is 0 Å². The molecule has 0 aromatic heterocycles. The van der Waals surface area contributed by atoms with E-state index >= 15 is 0 Å². The van der Waals surface area contributed by atoms with Crippen molar-refractivity contribution in [1.82, 2.24) is 0 Å². The van der Waals surface area contributed by atoms with Crippen molar-refractivity contribution in [1.29, 1.82) is 0 Å². The molecule has 4 heteroatoms. The maximum Gasteiger partial charge on any atom is 0.320 e. The Kier molecular flexibility index (Phi) is 4.51. The van der Waals surface area contributed by atoms with Crippen LogP contribution in [0.2, 0.25) is 0 Å². The van der Waals surface area contributed by atoms with Gasteiger partial charge in [0, 0.05) is 6.42 Å². The highest BCUT2D eigenvalue weighted by atomic mass is 16.6. The molecule has 0 amide bonds. The van der Waals surface area contributed by atoms with Crippen molar-refractivity contribution >= 4 is 12.3 Å². The second-order valence-electron chi connectivity index (χ2n) is 3.14. The molecule has 0 heterocycles. The van der Waals surface area contributed by atoms with Gasteiger partial charge in [-0.1, -0.05) is 0 Å². The molecule has 0 aliphatic carbocycles. The molecular weight excluding hydrogens is 158 g/mol. The Bertz CT molecular complexity index is 166. The summed E-state index contributed by atoms with van der Waals surface area (Å²) in [5, 5.41) is 0. The summed E-state index contributed by atoms with van der Waals surface area (Å²) < 4.78 is 4.97. The summed E-state index contributed by atoms with van der Waals surface area (Å²) in [7, 11) is 0. The van der Waals surface area contributed by atoms with Crippen LogP contribution in [0.4, 0.5) is 0 Å². The average molecular weight is 173 g/mol. The number of carbonyl (C=O) groups is 2. The molecule has 0 saturated heterocycles. The minimum Gasteiger partial charge on any atom is -0.459 e. The van der Waals surface area contributed by atoms with Crippen molar-refractivity contribution in [3.05, 3.63) is 0 Å². The number of hydrogen-bond acceptors (Lipinski definition) is 4. The minimum absolute atomic E-state index is 0.121. The van der Waals surface area contributed by atoms with E-state index in [0.29, 0.717) is 12.8 Å². The molecular formula is C8H15NO3. The highest BCUT2D eigenvalue weighted by Gasteiger charge is 2.21. The number of esters is 1. The zero-order chi connectivity index (χ0) is 9.61. The van der Waals surface area contributed by atoms with Crippen LogP contribution in [0.3, 0.4) is 0 Å². The lowest BCUT2D eigenvalue weighted by molar-refractivity contribution is -0.155. The van der Waals surface area contributed by atoms with E-state index in [2.05, 4.69) is 0 Å². The van der Waals surface area contributed by atoms with E-state index in [1.807, 2.05) is 0 Å². The summed E-state index contributed by atoms with van der Waals surface area (Å²) in [4.78, 5) is 20.8. The van der Waals surface area contributed by atoms with Crippen LogP contribution in [0.15, 0.2) is 0 Å². The van der Waals surface area contributed by atoms with Gasteiger partial charge in [0.2, 0.25) is 0 Å². The van der Waals surface area contributed by atoms with Gasteiger partial charge in [0.05, 0.1) is 6.54 Å². The monoisotopic (exact) mass is 173 g/mol. The van der Waals surface area contributed by atoms with Gasteiger partial charge in [0.15, 0.2) is 0 Å². The lowest BCUT2D eigenvalue weighted by Gasteiger charge is -2.23. The Labute approximate surface area is 72.1 Å². The zero-order valence-corrected chi connectivity index (χ0v) is 7.50. The SMILES string of the molecule is CC(C)(CCC=O)OC(=O)CN. The maximum atomic E-state index is 10.8. The second-order valence-corrected chi connectivity index (χ2v) is 3.14. The molecule has 0 aliphatic rings. The van der Waals surface area contributed by atoms with Gasteiger partial charge in [0.1, 0.15) is 11.9 Å². The number of nitrogens with two attached hydrogens (primary N) is 1. The Balaban J connectivity index is 3.85. The topological polar surface area (TPSA) is 69.4 Å². The Hall–Kier alpha value is -0.900. The van der Waals surface area contributed by atoms with Crippen LogP contribution in [0.1, 0.15) is 26.7 Å². The molecule has 0 spiro atoms. The van der Waals surface area contributed by atoms with Crippen LogP contribution in [0.25, 0.3) is 0 Å². The first-order valence-electron chi connectivity index (χ1n) is 3.87. The van der Waals surface area contributed by atoms with Crippen LogP contribution < -0.4 is 5.73 Å². The first kappa shape index (κ1) is 11.1. The third kappa shape index (κ3) is 4.85. The molecule has 0 aromatic carbocycles. The molecule has 0 unspecified atom stereocenters. The highest BCUT2D eigenvalue weighted by Crippen LogP contribution is 2.15. The van der Waals surface area contributed by atoms with Gasteiger partial charge in [-0.3, -0.25) is 4.79 Å². The van der Waals surface area contributed by atoms with Crippen LogP contribution in [0.5, 0.6) is 0 Å². The molecule has 12 heavy (non-hydrogen) atoms. The fraction of sp³-hybridized carbons (Fsp3) is 0.750. The predicted molar refractivity (Wildman–Crippen MR) is 44.5 cm³/mol. The maximum absolute atomic E-state index is 10.8. The molecule has 0 atom stereocenters. The fourth-order valence-electron chi connectivity index (χ4n) is 0.807. The summed E-state index contributed by atoms with van der Waals surface area (Å²) in [5.74, 6) is -0.439. The van der Waals surface area contributed by atoms with Crippen molar-refractivity contribution in [2.75, 3.05) is 6.54 Å². The van der Waals surface area contributed by atoms with Gasteiger partial charge in [-0.25, -0.2) is 0 Å². The van der Waals surface area contributed by atoms with Crippen molar-refractivity contribution in [2.45, 2.75) is 32.3 Å². The third-order valence-electron chi connectivity index (χ3n) is 1.42. The van der Waals surface area contributed by atoms with Gasteiger partial charge < -0.3 is 15.3 Å². The zero-order valence-electron chi connectivity index (χ0n) is 7.50. The van der Waals surface area contributed by atoms with E-state index in [9.17, 15) is 9.59 Å². The lowest BCUT2D eigenvalue weighted by atomic mass is 10.0. The first-order chi connectivity index (χ1) is 5.52. The summed E-state index contributed by atoms with van der Waals surface area (Å²) in [6.45, 7) is 3.39. The van der Waals surface area contributed by atoms with Gasteiger partial charge in [-0.2, -0.15) is 0 Å². The number of carbonyl (C=O) groups excluding carboxylic acids is 2. The number of rotatable bonds is 5. The largest absolute Gasteiger partial charge is 0.459 e. The molecule has 0 radical (unpaired) electrons. The summed E-state index contributed by atoms with van der Waals surface area (Å²) in [5.41, 5.74) is 4.48. The number of ether oxygens (including phenoxy) is 1. The van der Waals surface area contributed by atoms with E-state index in [1.165, 1.54) is 0 Å². The van der Waals surface area contributed by atoms with Crippen LogP contribution in [0, 0.1) is 0 Å². The molecule has 0 saturated carbocycles. The average Bonchev–Trinajstić information content (AvgIpc) is 2.00. The van der Waals surface area contributed by atoms with E-state index in [1.54, 1.807) is 13.8 Å². The van der Waals surface area contributed by atoms with Crippen molar-refractivity contribution < 1.29 is 14.3 Å². The van der Waals surface area contributed by atoms with Gasteiger partial charge in [-0.05, 0) is 20.3 Å². The molecule has 0 bridgehead atoms. The van der Waals surface area contributed by atoms with E-state index in [0.717, 1.165) is 6.29 Å². The van der Waals surface area contributed by atoms with Gasteiger partial charge in [-0.15, -0.1) is 0 Å².